The molecule has 1 aromatic carbocycles. The molecule has 1 aromatic rings. The fraction of sp³-hybridized carbons (Fsp3) is 0.429. The summed E-state index contributed by atoms with van der Waals surface area (Å²) in [5.74, 6) is -0.426. The van der Waals surface area contributed by atoms with Gasteiger partial charge in [0, 0.05) is 25.3 Å². The zero-order valence-corrected chi connectivity index (χ0v) is 12.0. The van der Waals surface area contributed by atoms with Crippen molar-refractivity contribution in [3.63, 3.8) is 0 Å². The molecule has 1 amide bonds. The molecule has 1 rings (SSSR count). The Morgan fingerprint density at radius 2 is 2.00 bits per heavy atom. The number of amides is 1. The SMILES string of the molecule is CCOC(=O)c1ccc(N)cc1OCC(=O)N(C)CC. The van der Waals surface area contributed by atoms with Crippen molar-refractivity contribution in [3.8, 4) is 5.75 Å². The Balaban J connectivity index is 2.85. The lowest BCUT2D eigenvalue weighted by Crippen LogP contribution is -2.31. The molecule has 0 aliphatic carbocycles. The summed E-state index contributed by atoms with van der Waals surface area (Å²) in [7, 11) is 1.68. The predicted octanol–water partition coefficient (Wildman–Crippen LogP) is 1.30. The van der Waals surface area contributed by atoms with Gasteiger partial charge in [0.15, 0.2) is 6.61 Å². The third-order valence-electron chi connectivity index (χ3n) is 2.75. The van der Waals surface area contributed by atoms with E-state index in [4.69, 9.17) is 15.2 Å². The van der Waals surface area contributed by atoms with E-state index in [1.165, 1.54) is 17.0 Å². The van der Waals surface area contributed by atoms with Crippen molar-refractivity contribution < 1.29 is 19.1 Å². The van der Waals surface area contributed by atoms with Crippen molar-refractivity contribution in [2.45, 2.75) is 13.8 Å². The fourth-order valence-electron chi connectivity index (χ4n) is 1.46. The largest absolute Gasteiger partial charge is 0.483 e. The van der Waals surface area contributed by atoms with Gasteiger partial charge in [0.25, 0.3) is 5.91 Å². The molecule has 0 bridgehead atoms. The molecule has 2 N–H and O–H groups in total. The third-order valence-corrected chi connectivity index (χ3v) is 2.75. The van der Waals surface area contributed by atoms with Gasteiger partial charge in [-0.15, -0.1) is 0 Å². The first-order valence-corrected chi connectivity index (χ1v) is 6.43. The average molecular weight is 280 g/mol. The maximum absolute atomic E-state index is 11.8. The summed E-state index contributed by atoms with van der Waals surface area (Å²) in [5, 5.41) is 0. The van der Waals surface area contributed by atoms with Crippen molar-refractivity contribution in [1.82, 2.24) is 4.90 Å². The summed E-state index contributed by atoms with van der Waals surface area (Å²) >= 11 is 0. The van der Waals surface area contributed by atoms with E-state index in [0.29, 0.717) is 12.2 Å². The maximum Gasteiger partial charge on any atom is 0.341 e. The average Bonchev–Trinajstić information content (AvgIpc) is 2.44. The minimum atomic E-state index is -0.501. The van der Waals surface area contributed by atoms with Crippen LogP contribution in [0.1, 0.15) is 24.2 Å². The molecule has 6 nitrogen and oxygen atoms in total. The lowest BCUT2D eigenvalue weighted by atomic mass is 10.2. The number of benzene rings is 1. The number of nitrogens with two attached hydrogens (primary N) is 1. The molecule has 0 aromatic heterocycles. The molecule has 0 fully saturated rings. The van der Waals surface area contributed by atoms with Gasteiger partial charge >= 0.3 is 5.97 Å². The van der Waals surface area contributed by atoms with Crippen LogP contribution in [0.4, 0.5) is 5.69 Å². The second-order valence-electron chi connectivity index (χ2n) is 4.17. The van der Waals surface area contributed by atoms with Crippen LogP contribution in [0, 0.1) is 0 Å². The van der Waals surface area contributed by atoms with Crippen molar-refractivity contribution in [1.29, 1.82) is 0 Å². The first-order valence-electron chi connectivity index (χ1n) is 6.43. The van der Waals surface area contributed by atoms with Gasteiger partial charge in [-0.1, -0.05) is 0 Å². The lowest BCUT2D eigenvalue weighted by Gasteiger charge is -2.16. The van der Waals surface area contributed by atoms with Crippen LogP contribution in [0.25, 0.3) is 0 Å². The van der Waals surface area contributed by atoms with E-state index in [1.807, 2.05) is 6.92 Å². The molecule has 0 unspecified atom stereocenters. The molecule has 20 heavy (non-hydrogen) atoms. The minimum absolute atomic E-state index is 0.153. The van der Waals surface area contributed by atoms with Crippen LogP contribution in [-0.4, -0.2) is 43.6 Å². The summed E-state index contributed by atoms with van der Waals surface area (Å²) in [6, 6.07) is 4.61. The topological polar surface area (TPSA) is 81.9 Å². The van der Waals surface area contributed by atoms with Gasteiger partial charge < -0.3 is 20.1 Å². The Morgan fingerprint density at radius 1 is 1.30 bits per heavy atom. The Hall–Kier alpha value is -2.24. The van der Waals surface area contributed by atoms with Gasteiger partial charge in [0.05, 0.1) is 6.61 Å². The Bertz CT molecular complexity index is 488. The van der Waals surface area contributed by atoms with Crippen molar-refractivity contribution in [2.24, 2.45) is 0 Å². The molecule has 0 radical (unpaired) electrons. The molecule has 0 aliphatic rings. The van der Waals surface area contributed by atoms with Gasteiger partial charge in [-0.3, -0.25) is 4.79 Å². The maximum atomic E-state index is 11.8. The standard InChI is InChI=1S/C14H20N2O4/c1-4-16(3)13(17)9-20-12-8-10(15)6-7-11(12)14(18)19-5-2/h6-8H,4-5,9,15H2,1-3H3. The predicted molar refractivity (Wildman–Crippen MR) is 75.6 cm³/mol. The van der Waals surface area contributed by atoms with Crippen LogP contribution in [0.3, 0.4) is 0 Å². The fourth-order valence-corrected chi connectivity index (χ4v) is 1.46. The summed E-state index contributed by atoms with van der Waals surface area (Å²) < 4.78 is 10.3. The smallest absolute Gasteiger partial charge is 0.341 e. The van der Waals surface area contributed by atoms with Crippen LogP contribution in [-0.2, 0) is 9.53 Å². The number of likely N-dealkylation sites (N-methyl/N-ethyl adjacent to an activating group) is 1. The van der Waals surface area contributed by atoms with Gasteiger partial charge in [-0.05, 0) is 26.0 Å². The minimum Gasteiger partial charge on any atom is -0.483 e. The zero-order valence-electron chi connectivity index (χ0n) is 12.0. The van der Waals surface area contributed by atoms with Crippen LogP contribution in [0.2, 0.25) is 0 Å². The summed E-state index contributed by atoms with van der Waals surface area (Å²) in [5.41, 5.74) is 6.37. The lowest BCUT2D eigenvalue weighted by molar-refractivity contribution is -0.131. The Morgan fingerprint density at radius 3 is 2.60 bits per heavy atom. The number of ether oxygens (including phenoxy) is 2. The second-order valence-corrected chi connectivity index (χ2v) is 4.17. The van der Waals surface area contributed by atoms with Crippen LogP contribution in [0.15, 0.2) is 18.2 Å². The highest BCUT2D eigenvalue weighted by Gasteiger charge is 2.16. The molecule has 0 saturated heterocycles. The van der Waals surface area contributed by atoms with Gasteiger partial charge in [0.2, 0.25) is 0 Å². The van der Waals surface area contributed by atoms with Gasteiger partial charge in [-0.2, -0.15) is 0 Å². The van der Waals surface area contributed by atoms with Crippen LogP contribution in [0.5, 0.6) is 5.75 Å². The molecule has 0 saturated carbocycles. The Kier molecular flexibility index (Phi) is 5.83. The molecule has 6 heteroatoms. The highest BCUT2D eigenvalue weighted by atomic mass is 16.5. The highest BCUT2D eigenvalue weighted by molar-refractivity contribution is 5.93. The van der Waals surface area contributed by atoms with Crippen molar-refractivity contribution in [3.05, 3.63) is 23.8 Å². The van der Waals surface area contributed by atoms with E-state index < -0.39 is 5.97 Å². The Labute approximate surface area is 118 Å². The van der Waals surface area contributed by atoms with E-state index in [2.05, 4.69) is 0 Å². The highest BCUT2D eigenvalue weighted by Crippen LogP contribution is 2.22. The number of esters is 1. The number of rotatable bonds is 6. The number of carbonyl (C=O) groups is 2. The van der Waals surface area contributed by atoms with E-state index in [-0.39, 0.29) is 30.4 Å². The van der Waals surface area contributed by atoms with E-state index in [0.717, 1.165) is 0 Å². The molecular formula is C14H20N2O4. The first kappa shape index (κ1) is 15.8. The summed E-state index contributed by atoms with van der Waals surface area (Å²) in [6.07, 6.45) is 0. The number of hydrogen-bond donors (Lipinski definition) is 1. The van der Waals surface area contributed by atoms with Crippen molar-refractivity contribution >= 4 is 17.6 Å². The number of anilines is 1. The normalized spacial score (nSPS) is 9.95. The number of nitrogens with zero attached hydrogens (tertiary/aromatic N) is 1. The molecule has 0 heterocycles. The number of carbonyl (C=O) groups excluding carboxylic acids is 2. The molecule has 0 aliphatic heterocycles. The van der Waals surface area contributed by atoms with E-state index in [9.17, 15) is 9.59 Å². The zero-order chi connectivity index (χ0) is 15.1. The number of hydrogen-bond acceptors (Lipinski definition) is 5. The molecule has 0 atom stereocenters. The van der Waals surface area contributed by atoms with Crippen LogP contribution < -0.4 is 10.5 Å². The van der Waals surface area contributed by atoms with E-state index >= 15 is 0 Å². The van der Waals surface area contributed by atoms with Crippen LogP contribution >= 0.6 is 0 Å². The first-order chi connectivity index (χ1) is 9.49. The second kappa shape index (κ2) is 7.37. The quantitative estimate of drug-likeness (QED) is 0.627. The summed E-state index contributed by atoms with van der Waals surface area (Å²) in [6.45, 7) is 4.28. The van der Waals surface area contributed by atoms with Gasteiger partial charge in [-0.25, -0.2) is 4.79 Å². The van der Waals surface area contributed by atoms with Gasteiger partial charge in [0.1, 0.15) is 11.3 Å². The van der Waals surface area contributed by atoms with E-state index in [1.54, 1.807) is 20.0 Å². The molecular weight excluding hydrogens is 260 g/mol. The monoisotopic (exact) mass is 280 g/mol. The molecule has 0 spiro atoms. The van der Waals surface area contributed by atoms with Crippen molar-refractivity contribution in [2.75, 3.05) is 32.5 Å². The summed E-state index contributed by atoms with van der Waals surface area (Å²) in [4.78, 5) is 25.0. The number of nitrogen functional groups attached to an aromatic ring is 1. The third kappa shape index (κ3) is 4.15. The molecule has 110 valence electrons.